The van der Waals surface area contributed by atoms with Crippen molar-refractivity contribution in [2.24, 2.45) is 0 Å². The molecule has 0 saturated carbocycles. The van der Waals surface area contributed by atoms with Crippen LogP contribution in [0, 0.1) is 11.3 Å². The molecule has 0 aliphatic rings. The molecule has 6 rings (SSSR count). The third-order valence-electron chi connectivity index (χ3n) is 5.08. The van der Waals surface area contributed by atoms with Crippen molar-refractivity contribution in [3.63, 3.8) is 0 Å². The van der Waals surface area contributed by atoms with E-state index >= 15 is 0 Å². The van der Waals surface area contributed by atoms with Gasteiger partial charge in [0.05, 0.1) is 32.7 Å². The van der Waals surface area contributed by atoms with Gasteiger partial charge in [0.1, 0.15) is 11.5 Å². The topological polar surface area (TPSA) is 125 Å². The summed E-state index contributed by atoms with van der Waals surface area (Å²) in [7, 11) is 0. The van der Waals surface area contributed by atoms with Gasteiger partial charge < -0.3 is 9.47 Å². The summed E-state index contributed by atoms with van der Waals surface area (Å²) in [5.74, 6) is 1.79. The van der Waals surface area contributed by atoms with Crippen LogP contribution in [-0.2, 0) is 0 Å². The Labute approximate surface area is 248 Å². The molecule has 0 atom stereocenters. The van der Waals surface area contributed by atoms with Crippen molar-refractivity contribution in [3.8, 4) is 29.1 Å². The molecule has 14 heteroatoms. The monoisotopic (exact) mass is 661 g/mol. The highest BCUT2D eigenvalue weighted by Crippen LogP contribution is 2.37. The lowest BCUT2D eigenvalue weighted by Gasteiger charge is -2.08. The molecule has 6 aromatic rings. The van der Waals surface area contributed by atoms with Crippen LogP contribution < -0.4 is 9.47 Å². The Hall–Kier alpha value is -3.59. The van der Waals surface area contributed by atoms with Gasteiger partial charge in [-0.2, -0.15) is 5.26 Å². The Morgan fingerprint density at radius 3 is 1.72 bits per heavy atom. The maximum Gasteiger partial charge on any atom is 0.175 e. The number of aromatic nitrogens is 6. The predicted octanol–water partition coefficient (Wildman–Crippen LogP) is 8.75. The third kappa shape index (κ3) is 6.19. The number of halogens is 5. The van der Waals surface area contributed by atoms with Crippen molar-refractivity contribution in [1.82, 2.24) is 30.8 Å². The average Bonchev–Trinajstić information content (AvgIpc) is 3.57. The zero-order valence-electron chi connectivity index (χ0n) is 19.2. The molecule has 0 unspecified atom stereocenters. The second kappa shape index (κ2) is 11.7. The van der Waals surface area contributed by atoms with Crippen LogP contribution in [-0.4, -0.2) is 30.8 Å². The van der Waals surface area contributed by atoms with E-state index in [1.807, 2.05) is 6.07 Å². The molecule has 2 N–H and O–H groups in total. The summed E-state index contributed by atoms with van der Waals surface area (Å²) < 4.78 is 12.3. The Balaban J connectivity index is 0.000000158. The van der Waals surface area contributed by atoms with Gasteiger partial charge in [-0.1, -0.05) is 72.8 Å². The predicted molar refractivity (Wildman–Crippen MR) is 153 cm³/mol. The summed E-state index contributed by atoms with van der Waals surface area (Å²) in [6.45, 7) is 0. The molecule has 0 amide bonds. The van der Waals surface area contributed by atoms with E-state index < -0.39 is 0 Å². The molecule has 39 heavy (non-hydrogen) atoms. The van der Waals surface area contributed by atoms with Gasteiger partial charge in [-0.15, -0.1) is 10.2 Å². The molecule has 9 nitrogen and oxygen atoms in total. The highest BCUT2D eigenvalue weighted by molar-refractivity contribution is 9.10. The number of nitriles is 1. The SMILES string of the molecule is Clc1cc(Br)cc(Oc2c(Cl)ccc3[nH]nnc23)c1.N#Cc1cc(Cl)cc(Oc2c(Cl)ccc3[nH]nnc23)c1. The summed E-state index contributed by atoms with van der Waals surface area (Å²) in [5, 5.41) is 31.6. The van der Waals surface area contributed by atoms with Gasteiger partial charge in [-0.3, -0.25) is 10.2 Å². The molecule has 2 aromatic heterocycles. The quantitative estimate of drug-likeness (QED) is 0.193. The van der Waals surface area contributed by atoms with E-state index in [-0.39, 0.29) is 0 Å². The van der Waals surface area contributed by atoms with Crippen LogP contribution in [0.15, 0.2) is 65.1 Å². The lowest BCUT2D eigenvalue weighted by atomic mass is 10.2. The molecule has 0 saturated heterocycles. The summed E-state index contributed by atoms with van der Waals surface area (Å²) in [6.07, 6.45) is 0. The molecule has 0 spiro atoms. The summed E-state index contributed by atoms with van der Waals surface area (Å²) in [4.78, 5) is 0. The van der Waals surface area contributed by atoms with Gasteiger partial charge in [0.25, 0.3) is 0 Å². The summed E-state index contributed by atoms with van der Waals surface area (Å²) in [5.41, 5.74) is 2.93. The van der Waals surface area contributed by atoms with Gasteiger partial charge >= 0.3 is 0 Å². The van der Waals surface area contributed by atoms with Crippen LogP contribution >= 0.6 is 62.3 Å². The molecular formula is C25H12BrCl4N7O2. The molecule has 0 bridgehead atoms. The van der Waals surface area contributed by atoms with Gasteiger partial charge in [0.2, 0.25) is 0 Å². The zero-order valence-corrected chi connectivity index (χ0v) is 23.8. The van der Waals surface area contributed by atoms with Crippen molar-refractivity contribution in [2.45, 2.75) is 0 Å². The van der Waals surface area contributed by atoms with Crippen molar-refractivity contribution in [1.29, 1.82) is 5.26 Å². The van der Waals surface area contributed by atoms with E-state index in [0.29, 0.717) is 65.2 Å². The van der Waals surface area contributed by atoms with Gasteiger partial charge in [-0.05, 0) is 60.7 Å². The molecule has 0 aliphatic heterocycles. The number of aromatic amines is 2. The summed E-state index contributed by atoms with van der Waals surface area (Å²) >= 11 is 27.5. The molecule has 0 radical (unpaired) electrons. The molecule has 0 aliphatic carbocycles. The maximum absolute atomic E-state index is 8.93. The van der Waals surface area contributed by atoms with E-state index in [4.69, 9.17) is 61.1 Å². The normalized spacial score (nSPS) is 10.7. The first kappa shape index (κ1) is 27.0. The number of ether oxygens (including phenoxy) is 2. The van der Waals surface area contributed by atoms with Crippen LogP contribution in [0.4, 0.5) is 0 Å². The number of benzene rings is 4. The first-order chi connectivity index (χ1) is 18.8. The minimum Gasteiger partial charge on any atom is -0.453 e. The lowest BCUT2D eigenvalue weighted by molar-refractivity contribution is 0.487. The Bertz CT molecular complexity index is 1850. The fraction of sp³-hybridized carbons (Fsp3) is 0. The molecule has 0 fully saturated rings. The number of rotatable bonds is 4. The largest absolute Gasteiger partial charge is 0.453 e. The Kier molecular flexibility index (Phi) is 8.07. The lowest BCUT2D eigenvalue weighted by Crippen LogP contribution is -1.88. The van der Waals surface area contributed by atoms with E-state index in [1.165, 1.54) is 0 Å². The van der Waals surface area contributed by atoms with Crippen molar-refractivity contribution in [2.75, 3.05) is 0 Å². The average molecular weight is 664 g/mol. The van der Waals surface area contributed by atoms with Gasteiger partial charge in [0, 0.05) is 14.5 Å². The second-order valence-corrected chi connectivity index (χ2v) is 10.4. The van der Waals surface area contributed by atoms with Crippen molar-refractivity contribution < 1.29 is 9.47 Å². The maximum atomic E-state index is 8.93. The van der Waals surface area contributed by atoms with Crippen LogP contribution in [0.2, 0.25) is 20.1 Å². The van der Waals surface area contributed by atoms with E-state index in [2.05, 4.69) is 46.8 Å². The standard InChI is InChI=1S/C13H6Cl2N4O.C12H6BrCl2N3O/c14-8-3-7(6-16)4-9(5-8)20-13-10(15)1-2-11-12(13)18-19-17-11;13-6-3-7(14)5-8(4-6)19-12-9(15)1-2-10-11(12)17-18-16-10/h1-5H,(H,17,18,19);1-5H,(H,16,17,18). The zero-order chi connectivity index (χ0) is 27.5. The number of hydrogen-bond donors (Lipinski definition) is 2. The number of H-pyrrole nitrogens is 2. The Morgan fingerprint density at radius 1 is 0.692 bits per heavy atom. The van der Waals surface area contributed by atoms with E-state index in [9.17, 15) is 0 Å². The molecular weight excluding hydrogens is 652 g/mol. The van der Waals surface area contributed by atoms with Crippen LogP contribution in [0.3, 0.4) is 0 Å². The minimum absolute atomic E-state index is 0.365. The molecule has 194 valence electrons. The fourth-order valence-electron chi connectivity index (χ4n) is 3.43. The Morgan fingerprint density at radius 2 is 1.21 bits per heavy atom. The third-order valence-corrected chi connectivity index (χ3v) is 6.57. The minimum atomic E-state index is 0.365. The van der Waals surface area contributed by atoms with Crippen LogP contribution in [0.5, 0.6) is 23.0 Å². The number of nitrogens with one attached hydrogen (secondary N) is 2. The number of fused-ring (bicyclic) bond motifs is 2. The number of nitrogens with zero attached hydrogens (tertiary/aromatic N) is 5. The van der Waals surface area contributed by atoms with Gasteiger partial charge in [0.15, 0.2) is 22.5 Å². The molecule has 4 aromatic carbocycles. The fourth-order valence-corrected chi connectivity index (χ4v) is 4.87. The van der Waals surface area contributed by atoms with Crippen LogP contribution in [0.1, 0.15) is 5.56 Å². The first-order valence-electron chi connectivity index (χ1n) is 10.8. The number of hydrogen-bond acceptors (Lipinski definition) is 7. The molecule has 2 heterocycles. The van der Waals surface area contributed by atoms with E-state index in [1.54, 1.807) is 60.7 Å². The summed E-state index contributed by atoms with van der Waals surface area (Å²) in [6, 6.07) is 18.9. The van der Waals surface area contributed by atoms with Crippen molar-refractivity contribution >= 4 is 84.4 Å². The smallest absolute Gasteiger partial charge is 0.175 e. The highest BCUT2D eigenvalue weighted by atomic mass is 79.9. The van der Waals surface area contributed by atoms with Crippen molar-refractivity contribution in [3.05, 3.63) is 90.8 Å². The van der Waals surface area contributed by atoms with Gasteiger partial charge in [-0.25, -0.2) is 0 Å². The van der Waals surface area contributed by atoms with Crippen LogP contribution in [0.25, 0.3) is 22.1 Å². The second-order valence-electron chi connectivity index (χ2n) is 7.77. The first-order valence-corrected chi connectivity index (χ1v) is 13.1. The highest BCUT2D eigenvalue weighted by Gasteiger charge is 2.14. The van der Waals surface area contributed by atoms with E-state index in [0.717, 1.165) is 9.99 Å².